The Morgan fingerprint density at radius 3 is 2.64 bits per heavy atom. The molecule has 76 valence electrons. The average Bonchev–Trinajstić information content (AvgIpc) is 2.58. The van der Waals surface area contributed by atoms with Crippen molar-refractivity contribution < 1.29 is 0 Å². The van der Waals surface area contributed by atoms with Gasteiger partial charge in [0, 0.05) is 24.8 Å². The smallest absolute Gasteiger partial charge is 0.250 e. The SMILES string of the molecule is Cn1ccc(C2(N)CCCC2)cc1=O. The van der Waals surface area contributed by atoms with E-state index in [1.54, 1.807) is 23.9 Å². The van der Waals surface area contributed by atoms with Crippen molar-refractivity contribution in [3.8, 4) is 0 Å². The molecule has 0 radical (unpaired) electrons. The first kappa shape index (κ1) is 9.46. The number of hydrogen-bond donors (Lipinski definition) is 1. The first-order chi connectivity index (χ1) is 6.62. The quantitative estimate of drug-likeness (QED) is 0.724. The van der Waals surface area contributed by atoms with Crippen LogP contribution in [0.5, 0.6) is 0 Å². The van der Waals surface area contributed by atoms with E-state index in [9.17, 15) is 4.79 Å². The van der Waals surface area contributed by atoms with Crippen LogP contribution in [0.3, 0.4) is 0 Å². The van der Waals surface area contributed by atoms with Gasteiger partial charge in [-0.3, -0.25) is 4.79 Å². The predicted molar refractivity (Wildman–Crippen MR) is 56.0 cm³/mol. The molecule has 1 aromatic rings. The molecule has 0 aromatic carbocycles. The van der Waals surface area contributed by atoms with E-state index >= 15 is 0 Å². The summed E-state index contributed by atoms with van der Waals surface area (Å²) in [6.07, 6.45) is 6.14. The second-order valence-corrected chi connectivity index (χ2v) is 4.23. The van der Waals surface area contributed by atoms with E-state index in [-0.39, 0.29) is 11.1 Å². The third-order valence-electron chi connectivity index (χ3n) is 3.18. The monoisotopic (exact) mass is 192 g/mol. The first-order valence-electron chi connectivity index (χ1n) is 5.08. The lowest BCUT2D eigenvalue weighted by Crippen LogP contribution is -2.34. The summed E-state index contributed by atoms with van der Waals surface area (Å²) in [5.74, 6) is 0. The van der Waals surface area contributed by atoms with Gasteiger partial charge in [0.25, 0.3) is 5.56 Å². The van der Waals surface area contributed by atoms with Crippen molar-refractivity contribution in [2.75, 3.05) is 0 Å². The molecule has 3 heteroatoms. The fourth-order valence-electron chi connectivity index (χ4n) is 2.15. The van der Waals surface area contributed by atoms with Gasteiger partial charge in [-0.2, -0.15) is 0 Å². The maximum absolute atomic E-state index is 11.4. The lowest BCUT2D eigenvalue weighted by molar-refractivity contribution is 0.459. The molecule has 14 heavy (non-hydrogen) atoms. The molecule has 0 bridgehead atoms. The summed E-state index contributed by atoms with van der Waals surface area (Å²) in [4.78, 5) is 11.4. The Morgan fingerprint density at radius 1 is 1.43 bits per heavy atom. The first-order valence-corrected chi connectivity index (χ1v) is 5.08. The Hall–Kier alpha value is -1.09. The van der Waals surface area contributed by atoms with Gasteiger partial charge in [0.2, 0.25) is 0 Å². The molecule has 0 atom stereocenters. The molecular weight excluding hydrogens is 176 g/mol. The van der Waals surface area contributed by atoms with Crippen molar-refractivity contribution in [2.45, 2.75) is 31.2 Å². The summed E-state index contributed by atoms with van der Waals surface area (Å²) in [6.45, 7) is 0. The lowest BCUT2D eigenvalue weighted by atomic mass is 9.90. The van der Waals surface area contributed by atoms with Gasteiger partial charge in [0.05, 0.1) is 0 Å². The van der Waals surface area contributed by atoms with Crippen LogP contribution < -0.4 is 11.3 Å². The molecule has 0 aliphatic heterocycles. The van der Waals surface area contributed by atoms with Crippen LogP contribution in [0.25, 0.3) is 0 Å². The molecule has 1 saturated carbocycles. The zero-order chi connectivity index (χ0) is 10.2. The van der Waals surface area contributed by atoms with Crippen molar-refractivity contribution in [3.63, 3.8) is 0 Å². The number of aromatic nitrogens is 1. The zero-order valence-corrected chi connectivity index (χ0v) is 8.49. The van der Waals surface area contributed by atoms with E-state index in [0.29, 0.717) is 0 Å². The number of pyridine rings is 1. The Labute approximate surface area is 83.5 Å². The van der Waals surface area contributed by atoms with Crippen LogP contribution >= 0.6 is 0 Å². The normalized spacial score (nSPS) is 19.9. The van der Waals surface area contributed by atoms with Crippen molar-refractivity contribution in [1.82, 2.24) is 4.57 Å². The minimum atomic E-state index is -0.243. The standard InChI is InChI=1S/C11H16N2O/c1-13-7-4-9(8-10(13)14)11(12)5-2-3-6-11/h4,7-8H,2-3,5-6,12H2,1H3. The Morgan fingerprint density at radius 2 is 2.07 bits per heavy atom. The molecule has 2 N–H and O–H groups in total. The largest absolute Gasteiger partial charge is 0.321 e. The zero-order valence-electron chi connectivity index (χ0n) is 8.49. The van der Waals surface area contributed by atoms with Gasteiger partial charge in [-0.25, -0.2) is 0 Å². The number of nitrogens with zero attached hydrogens (tertiary/aromatic N) is 1. The molecular formula is C11H16N2O. The maximum atomic E-state index is 11.4. The van der Waals surface area contributed by atoms with Gasteiger partial charge in [-0.15, -0.1) is 0 Å². The molecule has 0 saturated heterocycles. The summed E-state index contributed by atoms with van der Waals surface area (Å²) in [5.41, 5.74) is 7.03. The highest BCUT2D eigenvalue weighted by Crippen LogP contribution is 2.35. The van der Waals surface area contributed by atoms with E-state index in [0.717, 1.165) is 18.4 Å². The van der Waals surface area contributed by atoms with Crippen LogP contribution in [-0.4, -0.2) is 4.57 Å². The van der Waals surface area contributed by atoms with Gasteiger partial charge >= 0.3 is 0 Å². The van der Waals surface area contributed by atoms with Crippen molar-refractivity contribution in [2.24, 2.45) is 12.8 Å². The minimum absolute atomic E-state index is 0.0271. The van der Waals surface area contributed by atoms with Gasteiger partial charge in [0.15, 0.2) is 0 Å². The van der Waals surface area contributed by atoms with Crippen LogP contribution in [0, 0.1) is 0 Å². The lowest BCUT2D eigenvalue weighted by Gasteiger charge is -2.23. The molecule has 1 heterocycles. The van der Waals surface area contributed by atoms with E-state index in [1.807, 2.05) is 6.07 Å². The Balaban J connectivity index is 2.41. The topological polar surface area (TPSA) is 48.0 Å². The van der Waals surface area contributed by atoms with Gasteiger partial charge in [-0.1, -0.05) is 12.8 Å². The van der Waals surface area contributed by atoms with Crippen molar-refractivity contribution in [1.29, 1.82) is 0 Å². The highest BCUT2D eigenvalue weighted by molar-refractivity contribution is 5.22. The summed E-state index contributed by atoms with van der Waals surface area (Å²) in [6, 6.07) is 3.64. The molecule has 3 nitrogen and oxygen atoms in total. The number of nitrogens with two attached hydrogens (primary N) is 1. The molecule has 2 rings (SSSR count). The molecule has 0 amide bonds. The summed E-state index contributed by atoms with van der Waals surface area (Å²) in [5, 5.41) is 0. The highest BCUT2D eigenvalue weighted by atomic mass is 16.1. The number of aryl methyl sites for hydroxylation is 1. The van der Waals surface area contributed by atoms with E-state index in [1.165, 1.54) is 12.8 Å². The molecule has 1 fully saturated rings. The van der Waals surface area contributed by atoms with Gasteiger partial charge < -0.3 is 10.3 Å². The fourth-order valence-corrected chi connectivity index (χ4v) is 2.15. The molecule has 1 aliphatic rings. The maximum Gasteiger partial charge on any atom is 0.250 e. The molecule has 1 aromatic heterocycles. The number of rotatable bonds is 1. The summed E-state index contributed by atoms with van der Waals surface area (Å²) >= 11 is 0. The highest BCUT2D eigenvalue weighted by Gasteiger charge is 2.31. The van der Waals surface area contributed by atoms with Gasteiger partial charge in [0.1, 0.15) is 0 Å². The Bertz CT molecular complexity index is 389. The summed E-state index contributed by atoms with van der Waals surface area (Å²) in [7, 11) is 1.75. The summed E-state index contributed by atoms with van der Waals surface area (Å²) < 4.78 is 1.57. The van der Waals surface area contributed by atoms with Crippen LogP contribution in [0.1, 0.15) is 31.2 Å². The Kier molecular flexibility index (Phi) is 2.19. The van der Waals surface area contributed by atoms with Crippen LogP contribution in [0.2, 0.25) is 0 Å². The van der Waals surface area contributed by atoms with Crippen LogP contribution in [0.15, 0.2) is 23.1 Å². The number of hydrogen-bond acceptors (Lipinski definition) is 2. The second kappa shape index (κ2) is 3.24. The third kappa shape index (κ3) is 1.48. The van der Waals surface area contributed by atoms with Gasteiger partial charge in [-0.05, 0) is 24.5 Å². The third-order valence-corrected chi connectivity index (χ3v) is 3.18. The molecule has 0 spiro atoms. The molecule has 1 aliphatic carbocycles. The second-order valence-electron chi connectivity index (χ2n) is 4.23. The minimum Gasteiger partial charge on any atom is -0.321 e. The predicted octanol–water partition coefficient (Wildman–Crippen LogP) is 1.11. The van der Waals surface area contributed by atoms with E-state index in [2.05, 4.69) is 0 Å². The fraction of sp³-hybridized carbons (Fsp3) is 0.545. The van der Waals surface area contributed by atoms with Crippen molar-refractivity contribution in [3.05, 3.63) is 34.2 Å². The van der Waals surface area contributed by atoms with Crippen molar-refractivity contribution >= 4 is 0 Å². The molecule has 0 unspecified atom stereocenters. The van der Waals surface area contributed by atoms with E-state index in [4.69, 9.17) is 5.73 Å². The van der Waals surface area contributed by atoms with Crippen LogP contribution in [-0.2, 0) is 12.6 Å². The average molecular weight is 192 g/mol. The van der Waals surface area contributed by atoms with E-state index < -0.39 is 0 Å². The van der Waals surface area contributed by atoms with Crippen LogP contribution in [0.4, 0.5) is 0 Å².